The van der Waals surface area contributed by atoms with Crippen LogP contribution in [0.2, 0.25) is 5.02 Å². The van der Waals surface area contributed by atoms with Crippen molar-refractivity contribution in [1.29, 1.82) is 0 Å². The molecule has 0 spiro atoms. The predicted molar refractivity (Wildman–Crippen MR) is 109 cm³/mol. The zero-order valence-electron chi connectivity index (χ0n) is 15.0. The highest BCUT2D eigenvalue weighted by Gasteiger charge is 2.26. The Labute approximate surface area is 174 Å². The zero-order valence-corrected chi connectivity index (χ0v) is 17.3. The van der Waals surface area contributed by atoms with Gasteiger partial charge in [0.25, 0.3) is 0 Å². The molecule has 0 saturated carbocycles. The summed E-state index contributed by atoms with van der Waals surface area (Å²) in [6, 6.07) is 10.3. The van der Waals surface area contributed by atoms with Gasteiger partial charge in [0.05, 0.1) is 21.7 Å². The zero-order chi connectivity index (χ0) is 20.3. The highest BCUT2D eigenvalue weighted by atomic mass is 79.9. The molecule has 28 heavy (non-hydrogen) atoms. The fourth-order valence-electron chi connectivity index (χ4n) is 2.49. The molecule has 2 aromatic carbocycles. The number of esters is 2. The maximum atomic E-state index is 12.2. The molecule has 0 saturated heterocycles. The number of nitrogens with zero attached hydrogens (tertiary/aromatic N) is 1. The summed E-state index contributed by atoms with van der Waals surface area (Å²) in [5.41, 5.74) is 1.26. The first-order valence-electron chi connectivity index (χ1n) is 8.31. The van der Waals surface area contributed by atoms with Gasteiger partial charge in [0.1, 0.15) is 0 Å². The average Bonchev–Trinajstić information content (AvgIpc) is 2.99. The minimum atomic E-state index is -0.590. The van der Waals surface area contributed by atoms with Gasteiger partial charge in [-0.2, -0.15) is 0 Å². The molecule has 1 aliphatic heterocycles. The quantitative estimate of drug-likeness (QED) is 0.362. The Bertz CT molecular complexity index is 1020. The van der Waals surface area contributed by atoms with Crippen molar-refractivity contribution < 1.29 is 23.8 Å². The Morgan fingerprint density at radius 3 is 2.75 bits per heavy atom. The summed E-state index contributed by atoms with van der Waals surface area (Å²) in [7, 11) is 0. The fourth-order valence-corrected chi connectivity index (χ4v) is 3.25. The van der Waals surface area contributed by atoms with Gasteiger partial charge in [0.15, 0.2) is 17.2 Å². The van der Waals surface area contributed by atoms with Crippen LogP contribution >= 0.6 is 27.5 Å². The van der Waals surface area contributed by atoms with E-state index in [0.717, 1.165) is 0 Å². The van der Waals surface area contributed by atoms with Crippen LogP contribution in [0.1, 0.15) is 25.0 Å². The van der Waals surface area contributed by atoms with Crippen LogP contribution < -0.4 is 9.47 Å². The minimum absolute atomic E-state index is 0.115. The first kappa shape index (κ1) is 20.1. The predicted octanol–water partition coefficient (Wildman–Crippen LogP) is 4.77. The highest BCUT2D eigenvalue weighted by Crippen LogP contribution is 2.38. The molecule has 1 heterocycles. The molecule has 0 unspecified atom stereocenters. The van der Waals surface area contributed by atoms with Gasteiger partial charge in [-0.1, -0.05) is 23.7 Å². The lowest BCUT2D eigenvalue weighted by Crippen LogP contribution is -2.06. The topological polar surface area (TPSA) is 74.2 Å². The molecule has 0 atom stereocenters. The van der Waals surface area contributed by atoms with Crippen LogP contribution in [-0.4, -0.2) is 24.4 Å². The van der Waals surface area contributed by atoms with Crippen molar-refractivity contribution in [1.82, 2.24) is 0 Å². The third-order valence-electron chi connectivity index (χ3n) is 3.61. The van der Waals surface area contributed by atoms with Crippen LogP contribution in [0.15, 0.2) is 51.6 Å². The molecular weight excluding hydrogens is 450 g/mol. The number of aliphatic imine (C=N–C) groups is 1. The summed E-state index contributed by atoms with van der Waals surface area (Å²) < 4.78 is 16.5. The first-order valence-corrected chi connectivity index (χ1v) is 9.48. The standard InChI is InChI=1S/C20H15BrClNO5/c1-3-26-17-10-12(8-14(21)18(17)27-11(2)24)9-16-20(25)28-19(23-16)13-6-4-5-7-15(13)22/h4-10H,3H2,1-2H3/b16-9+. The van der Waals surface area contributed by atoms with Crippen molar-refractivity contribution in [3.8, 4) is 11.5 Å². The first-order chi connectivity index (χ1) is 13.4. The van der Waals surface area contributed by atoms with Crippen molar-refractivity contribution in [3.05, 3.63) is 62.7 Å². The SMILES string of the molecule is CCOc1cc(/C=C2/N=C(c3ccccc3Cl)OC2=O)cc(Br)c1OC(C)=O. The van der Waals surface area contributed by atoms with Crippen molar-refractivity contribution >= 4 is 51.4 Å². The van der Waals surface area contributed by atoms with E-state index >= 15 is 0 Å². The average molecular weight is 465 g/mol. The molecule has 3 rings (SSSR count). The summed E-state index contributed by atoms with van der Waals surface area (Å²) in [5, 5.41) is 0.433. The van der Waals surface area contributed by atoms with E-state index in [1.54, 1.807) is 42.5 Å². The highest BCUT2D eigenvalue weighted by molar-refractivity contribution is 9.10. The van der Waals surface area contributed by atoms with Crippen LogP contribution in [0.3, 0.4) is 0 Å². The van der Waals surface area contributed by atoms with Crippen LogP contribution in [0.4, 0.5) is 0 Å². The summed E-state index contributed by atoms with van der Waals surface area (Å²) >= 11 is 9.50. The maximum absolute atomic E-state index is 12.2. The second kappa shape index (κ2) is 8.58. The van der Waals surface area contributed by atoms with Gasteiger partial charge in [-0.15, -0.1) is 0 Å². The van der Waals surface area contributed by atoms with E-state index in [9.17, 15) is 9.59 Å². The number of halogens is 2. The number of carbonyl (C=O) groups is 2. The lowest BCUT2D eigenvalue weighted by Gasteiger charge is -2.12. The molecule has 2 aromatic rings. The lowest BCUT2D eigenvalue weighted by atomic mass is 10.1. The monoisotopic (exact) mass is 463 g/mol. The molecule has 0 aliphatic carbocycles. The number of benzene rings is 2. The van der Waals surface area contributed by atoms with Crippen LogP contribution in [0.25, 0.3) is 6.08 Å². The van der Waals surface area contributed by atoms with Gasteiger partial charge in [-0.05, 0) is 58.8 Å². The Balaban J connectivity index is 1.99. The molecule has 8 heteroatoms. The van der Waals surface area contributed by atoms with Crippen molar-refractivity contribution in [2.75, 3.05) is 6.61 Å². The fraction of sp³-hybridized carbons (Fsp3) is 0.150. The number of ether oxygens (including phenoxy) is 3. The van der Waals surface area contributed by atoms with E-state index in [0.29, 0.717) is 33.0 Å². The normalized spacial score (nSPS) is 14.6. The number of hydrogen-bond donors (Lipinski definition) is 0. The molecule has 0 radical (unpaired) electrons. The van der Waals surface area contributed by atoms with E-state index in [4.69, 9.17) is 25.8 Å². The third kappa shape index (κ3) is 4.43. The maximum Gasteiger partial charge on any atom is 0.363 e. The van der Waals surface area contributed by atoms with E-state index in [1.165, 1.54) is 6.92 Å². The number of carbonyl (C=O) groups excluding carboxylic acids is 2. The Morgan fingerprint density at radius 2 is 2.07 bits per heavy atom. The minimum Gasteiger partial charge on any atom is -0.490 e. The van der Waals surface area contributed by atoms with E-state index in [2.05, 4.69) is 20.9 Å². The molecule has 0 amide bonds. The van der Waals surface area contributed by atoms with Gasteiger partial charge in [-0.3, -0.25) is 4.79 Å². The third-order valence-corrected chi connectivity index (χ3v) is 4.52. The van der Waals surface area contributed by atoms with E-state index in [-0.39, 0.29) is 17.3 Å². The van der Waals surface area contributed by atoms with Crippen LogP contribution in [0.5, 0.6) is 11.5 Å². The van der Waals surface area contributed by atoms with Gasteiger partial charge >= 0.3 is 11.9 Å². The second-order valence-corrected chi connectivity index (χ2v) is 6.93. The smallest absolute Gasteiger partial charge is 0.363 e. The molecule has 0 bridgehead atoms. The van der Waals surface area contributed by atoms with Gasteiger partial charge in [-0.25, -0.2) is 9.79 Å². The largest absolute Gasteiger partial charge is 0.490 e. The van der Waals surface area contributed by atoms with Crippen molar-refractivity contribution in [2.45, 2.75) is 13.8 Å². The summed E-state index contributed by atoms with van der Waals surface area (Å²) in [5.74, 6) is -0.289. The van der Waals surface area contributed by atoms with Gasteiger partial charge in [0, 0.05) is 6.92 Å². The Hall–Kier alpha value is -2.64. The summed E-state index contributed by atoms with van der Waals surface area (Å²) in [6.45, 7) is 3.49. The van der Waals surface area contributed by atoms with Crippen LogP contribution in [-0.2, 0) is 14.3 Å². The molecule has 0 N–H and O–H groups in total. The van der Waals surface area contributed by atoms with E-state index in [1.807, 2.05) is 6.92 Å². The molecular formula is C20H15BrClNO5. The lowest BCUT2D eigenvalue weighted by molar-refractivity contribution is -0.132. The Morgan fingerprint density at radius 1 is 1.32 bits per heavy atom. The molecule has 1 aliphatic rings. The number of hydrogen-bond acceptors (Lipinski definition) is 6. The van der Waals surface area contributed by atoms with Crippen molar-refractivity contribution in [2.24, 2.45) is 4.99 Å². The second-order valence-electron chi connectivity index (χ2n) is 5.67. The van der Waals surface area contributed by atoms with E-state index < -0.39 is 11.9 Å². The summed E-state index contributed by atoms with van der Waals surface area (Å²) in [4.78, 5) is 27.8. The molecule has 0 fully saturated rings. The van der Waals surface area contributed by atoms with Gasteiger partial charge < -0.3 is 14.2 Å². The van der Waals surface area contributed by atoms with Gasteiger partial charge in [0.2, 0.25) is 5.90 Å². The van der Waals surface area contributed by atoms with Crippen LogP contribution in [0, 0.1) is 0 Å². The molecule has 6 nitrogen and oxygen atoms in total. The number of cyclic esters (lactones) is 1. The molecule has 144 valence electrons. The number of rotatable bonds is 5. The summed E-state index contributed by atoms with van der Waals surface area (Å²) in [6.07, 6.45) is 1.55. The molecule has 0 aromatic heterocycles. The van der Waals surface area contributed by atoms with Crippen molar-refractivity contribution in [3.63, 3.8) is 0 Å². The Kier molecular flexibility index (Phi) is 6.16.